The summed E-state index contributed by atoms with van der Waals surface area (Å²) in [7, 11) is -1.81. The summed E-state index contributed by atoms with van der Waals surface area (Å²) >= 11 is 2.10. The van der Waals surface area contributed by atoms with Gasteiger partial charge < -0.3 is 4.48 Å². The summed E-state index contributed by atoms with van der Waals surface area (Å²) in [5.74, 6) is 2.73. The zero-order chi connectivity index (χ0) is 12.7. The minimum Gasteiger partial charge on any atom is -0.325 e. The lowest BCUT2D eigenvalue weighted by atomic mass is 10.4. The Bertz CT molecular complexity index is 273. The molecular weight excluding hydrogens is 250 g/mol. The first kappa shape index (κ1) is 16.2. The second-order valence-corrected chi connectivity index (χ2v) is 6.15. The predicted octanol–water partition coefficient (Wildman–Crippen LogP) is 1.03. The van der Waals surface area contributed by atoms with Gasteiger partial charge >= 0.3 is 10.4 Å². The van der Waals surface area contributed by atoms with Crippen molar-refractivity contribution in [2.24, 2.45) is 0 Å². The van der Waals surface area contributed by atoms with Gasteiger partial charge in [-0.15, -0.1) is 0 Å². The lowest BCUT2D eigenvalue weighted by Gasteiger charge is -2.36. The maximum atomic E-state index is 9.56. The topological polar surface area (TPSA) is 63.6 Å². The Balaban J connectivity index is 0.000000293. The van der Waals surface area contributed by atoms with Gasteiger partial charge in [0, 0.05) is 11.5 Å². The van der Waals surface area contributed by atoms with E-state index < -0.39 is 10.4 Å². The molecule has 1 aliphatic rings. The third-order valence-corrected chi connectivity index (χ3v) is 4.06. The second kappa shape index (κ2) is 7.50. The molecule has 5 nitrogen and oxygen atoms in total. The van der Waals surface area contributed by atoms with E-state index in [0.717, 1.165) is 0 Å². The first-order chi connectivity index (χ1) is 7.33. The van der Waals surface area contributed by atoms with Crippen molar-refractivity contribution < 1.29 is 21.6 Å². The molecule has 7 heteroatoms. The molecule has 1 heterocycles. The fourth-order valence-electron chi connectivity index (χ4n) is 1.25. The van der Waals surface area contributed by atoms with Crippen LogP contribution in [0, 0.1) is 0 Å². The molecule has 1 rings (SSSR count). The van der Waals surface area contributed by atoms with Crippen LogP contribution in [-0.2, 0) is 14.6 Å². The highest BCUT2D eigenvalue weighted by atomic mass is 32.3. The molecule has 0 spiro atoms. The molecule has 0 aromatic carbocycles. The molecule has 1 N–H and O–H groups in total. The van der Waals surface area contributed by atoms with Crippen LogP contribution in [0.2, 0.25) is 0 Å². The lowest BCUT2D eigenvalue weighted by Crippen LogP contribution is -2.49. The summed E-state index contributed by atoms with van der Waals surface area (Å²) < 4.78 is 32.0. The van der Waals surface area contributed by atoms with Crippen LogP contribution in [0.3, 0.4) is 0 Å². The molecule has 0 amide bonds. The first-order valence-corrected chi connectivity index (χ1v) is 7.88. The van der Waals surface area contributed by atoms with Crippen LogP contribution in [0.15, 0.2) is 0 Å². The molecule has 0 aromatic rings. The van der Waals surface area contributed by atoms with E-state index in [4.69, 9.17) is 4.55 Å². The number of hydrogen-bond acceptors (Lipinski definition) is 4. The number of quaternary nitrogens is 1. The summed E-state index contributed by atoms with van der Waals surface area (Å²) in [6, 6.07) is 0. The van der Waals surface area contributed by atoms with Gasteiger partial charge in [-0.2, -0.15) is 20.2 Å². The third kappa shape index (κ3) is 8.35. The highest BCUT2D eigenvalue weighted by Crippen LogP contribution is 2.14. The average Bonchev–Trinajstić information content (AvgIpc) is 2.18. The molecule has 0 aliphatic carbocycles. The molecule has 0 unspecified atom stereocenters. The third-order valence-electron chi connectivity index (χ3n) is 2.58. The van der Waals surface area contributed by atoms with Crippen molar-refractivity contribution in [1.29, 1.82) is 0 Å². The van der Waals surface area contributed by atoms with E-state index >= 15 is 0 Å². The fourth-order valence-corrected chi connectivity index (χ4v) is 2.89. The molecule has 1 saturated heterocycles. The quantitative estimate of drug-likeness (QED) is 0.614. The van der Waals surface area contributed by atoms with Crippen molar-refractivity contribution >= 4 is 22.2 Å². The van der Waals surface area contributed by atoms with Gasteiger partial charge in [0.1, 0.15) is 0 Å². The number of hydrogen-bond donors (Lipinski definition) is 1. The highest BCUT2D eigenvalue weighted by molar-refractivity contribution is 7.99. The fraction of sp³-hybridized carbons (Fsp3) is 1.00. The minimum atomic E-state index is -4.17. The standard InChI is InChI=1S/C7H16NS.C2H6O4S/c1-3-8(2)4-6-9-7-5-8;1-2-6-7(3,4)5/h3-7H2,1-2H3;2H2,1H3,(H,3,4,5)/q+1;. The zero-order valence-electron chi connectivity index (χ0n) is 10.2. The van der Waals surface area contributed by atoms with Crippen LogP contribution < -0.4 is 0 Å². The molecule has 0 aromatic heterocycles. The maximum absolute atomic E-state index is 9.56. The molecule has 16 heavy (non-hydrogen) atoms. The van der Waals surface area contributed by atoms with Crippen molar-refractivity contribution in [2.45, 2.75) is 13.8 Å². The zero-order valence-corrected chi connectivity index (χ0v) is 11.8. The first-order valence-electron chi connectivity index (χ1n) is 5.36. The number of rotatable bonds is 3. The van der Waals surface area contributed by atoms with Crippen LogP contribution in [0.4, 0.5) is 0 Å². The molecule has 98 valence electrons. The van der Waals surface area contributed by atoms with Gasteiger partial charge in [-0.1, -0.05) is 0 Å². The summed E-state index contributed by atoms with van der Waals surface area (Å²) in [5.41, 5.74) is 0. The van der Waals surface area contributed by atoms with E-state index in [0.29, 0.717) is 0 Å². The summed E-state index contributed by atoms with van der Waals surface area (Å²) in [6.07, 6.45) is 0. The molecule has 0 saturated carbocycles. The van der Waals surface area contributed by atoms with E-state index in [1.165, 1.54) is 42.5 Å². The monoisotopic (exact) mass is 272 g/mol. The predicted molar refractivity (Wildman–Crippen MR) is 67.0 cm³/mol. The normalized spacial score (nSPS) is 19.8. The van der Waals surface area contributed by atoms with Crippen LogP contribution in [0.25, 0.3) is 0 Å². The van der Waals surface area contributed by atoms with Crippen LogP contribution in [0.5, 0.6) is 0 Å². The maximum Gasteiger partial charge on any atom is 0.397 e. The van der Waals surface area contributed by atoms with E-state index in [1.54, 1.807) is 0 Å². The van der Waals surface area contributed by atoms with Crippen molar-refractivity contribution in [3.8, 4) is 0 Å². The van der Waals surface area contributed by atoms with Crippen molar-refractivity contribution in [2.75, 3.05) is 44.8 Å². The molecule has 0 atom stereocenters. The summed E-state index contributed by atoms with van der Waals surface area (Å²) in [6.45, 7) is 7.78. The van der Waals surface area contributed by atoms with Gasteiger partial charge in [-0.3, -0.25) is 4.55 Å². The van der Waals surface area contributed by atoms with Crippen molar-refractivity contribution in [3.05, 3.63) is 0 Å². The molecule has 1 aliphatic heterocycles. The number of thioether (sulfide) groups is 1. The van der Waals surface area contributed by atoms with Gasteiger partial charge in [0.15, 0.2) is 0 Å². The number of nitrogens with zero attached hydrogens (tertiary/aromatic N) is 1. The molecule has 1 fully saturated rings. The van der Waals surface area contributed by atoms with Crippen molar-refractivity contribution in [3.63, 3.8) is 0 Å². The SMILES string of the molecule is CCOS(=O)(=O)O.CC[N+]1(C)CCSCC1. The van der Waals surface area contributed by atoms with Crippen molar-refractivity contribution in [1.82, 2.24) is 0 Å². The van der Waals surface area contributed by atoms with Gasteiger partial charge in [-0.25, -0.2) is 4.18 Å². The molecule has 0 bridgehead atoms. The van der Waals surface area contributed by atoms with Crippen LogP contribution in [-0.4, -0.2) is 62.2 Å². The largest absolute Gasteiger partial charge is 0.397 e. The summed E-state index contributed by atoms with van der Waals surface area (Å²) in [5, 5.41) is 0. The van der Waals surface area contributed by atoms with Gasteiger partial charge in [-0.05, 0) is 13.8 Å². The van der Waals surface area contributed by atoms with E-state index in [9.17, 15) is 8.42 Å². The minimum absolute atomic E-state index is 0.0289. The smallest absolute Gasteiger partial charge is 0.325 e. The Morgan fingerprint density at radius 3 is 2.00 bits per heavy atom. The Morgan fingerprint density at radius 1 is 1.31 bits per heavy atom. The summed E-state index contributed by atoms with van der Waals surface area (Å²) in [4.78, 5) is 0. The average molecular weight is 272 g/mol. The van der Waals surface area contributed by atoms with Gasteiger partial charge in [0.25, 0.3) is 0 Å². The highest BCUT2D eigenvalue weighted by Gasteiger charge is 2.21. The Hall–Kier alpha value is 0.180. The van der Waals surface area contributed by atoms with E-state index in [2.05, 4.69) is 29.9 Å². The Kier molecular flexibility index (Phi) is 7.58. The van der Waals surface area contributed by atoms with Gasteiger partial charge in [0.05, 0.1) is 33.3 Å². The van der Waals surface area contributed by atoms with Gasteiger partial charge in [0.2, 0.25) is 0 Å². The second-order valence-electron chi connectivity index (χ2n) is 3.83. The lowest BCUT2D eigenvalue weighted by molar-refractivity contribution is -0.904. The van der Waals surface area contributed by atoms with E-state index in [-0.39, 0.29) is 6.61 Å². The Labute approximate surface area is 103 Å². The van der Waals surface area contributed by atoms with E-state index in [1.807, 2.05) is 0 Å². The molecular formula is C9H22NO4S2+. The Morgan fingerprint density at radius 2 is 1.81 bits per heavy atom. The van der Waals surface area contributed by atoms with Crippen LogP contribution in [0.1, 0.15) is 13.8 Å². The molecule has 0 radical (unpaired) electrons. The van der Waals surface area contributed by atoms with Crippen LogP contribution >= 0.6 is 11.8 Å².